The van der Waals surface area contributed by atoms with Crippen LogP contribution in [0.15, 0.2) is 30.3 Å². The molecular formula is C9H11NO. The Morgan fingerprint density at radius 3 is 2.73 bits per heavy atom. The Morgan fingerprint density at radius 1 is 1.55 bits per heavy atom. The molecule has 1 atom stereocenters. The average molecular weight is 152 g/mol. The summed E-state index contributed by atoms with van der Waals surface area (Å²) in [5.74, 6) is -0.550. The quantitative estimate of drug-likeness (QED) is 0.647. The van der Waals surface area contributed by atoms with Gasteiger partial charge in [-0.25, -0.2) is 0 Å². The van der Waals surface area contributed by atoms with Crippen LogP contribution < -0.4 is 5.73 Å². The Hall–Kier alpha value is -1.15. The van der Waals surface area contributed by atoms with Crippen LogP contribution in [0.5, 0.6) is 0 Å². The summed E-state index contributed by atoms with van der Waals surface area (Å²) in [6.45, 7) is -2.44. The SMILES string of the molecule is [2H]C([2H])([2H])[C@H](N)C(=O)c1ccccc1. The first-order valence-corrected chi connectivity index (χ1v) is 3.28. The van der Waals surface area contributed by atoms with Gasteiger partial charge in [0.15, 0.2) is 5.78 Å². The summed E-state index contributed by atoms with van der Waals surface area (Å²) < 4.78 is 21.0. The molecule has 0 unspecified atom stereocenters. The van der Waals surface area contributed by atoms with E-state index in [-0.39, 0.29) is 0 Å². The zero-order valence-electron chi connectivity index (χ0n) is 8.95. The van der Waals surface area contributed by atoms with Crippen LogP contribution in [0.2, 0.25) is 0 Å². The molecule has 0 radical (unpaired) electrons. The number of hydrogen-bond donors (Lipinski definition) is 1. The molecule has 1 aromatic rings. The Kier molecular flexibility index (Phi) is 1.40. The summed E-state index contributed by atoms with van der Waals surface area (Å²) in [6, 6.07) is 6.74. The molecule has 0 amide bonds. The zero-order valence-corrected chi connectivity index (χ0v) is 5.95. The number of carbonyl (C=O) groups is 1. The molecule has 0 aliphatic carbocycles. The van der Waals surface area contributed by atoms with Crippen molar-refractivity contribution < 1.29 is 8.91 Å². The number of benzene rings is 1. The number of ketones is 1. The third kappa shape index (κ3) is 1.88. The minimum atomic E-state index is -2.44. The number of Topliss-reactive ketones (excluding diaryl/α,β-unsaturated/α-hetero) is 1. The Morgan fingerprint density at radius 2 is 2.18 bits per heavy atom. The predicted molar refractivity (Wildman–Crippen MR) is 44.4 cm³/mol. The number of nitrogens with two attached hydrogens (primary N) is 1. The first kappa shape index (κ1) is 4.67. The highest BCUT2D eigenvalue weighted by Crippen LogP contribution is 2.01. The van der Waals surface area contributed by atoms with E-state index in [1.807, 2.05) is 0 Å². The van der Waals surface area contributed by atoms with Gasteiger partial charge in [-0.1, -0.05) is 30.3 Å². The zero-order chi connectivity index (χ0) is 10.8. The van der Waals surface area contributed by atoms with Gasteiger partial charge in [0, 0.05) is 9.68 Å². The highest BCUT2D eigenvalue weighted by atomic mass is 16.1. The minimum Gasteiger partial charge on any atom is -0.321 e. The van der Waals surface area contributed by atoms with Crippen molar-refractivity contribution in [2.45, 2.75) is 12.9 Å². The smallest absolute Gasteiger partial charge is 0.179 e. The standard InChI is InChI=1S/C9H11NO/c1-7(10)9(11)8-5-3-2-4-6-8/h2-7H,10H2,1H3/t7-/m0/s1/i1D3. The van der Waals surface area contributed by atoms with Gasteiger partial charge in [0.2, 0.25) is 0 Å². The topological polar surface area (TPSA) is 43.1 Å². The first-order chi connectivity index (χ1) is 6.43. The second kappa shape index (κ2) is 3.30. The van der Waals surface area contributed by atoms with Crippen molar-refractivity contribution >= 4 is 5.78 Å². The summed E-state index contributed by atoms with van der Waals surface area (Å²) in [5.41, 5.74) is 5.64. The monoisotopic (exact) mass is 152 g/mol. The highest BCUT2D eigenvalue weighted by Gasteiger charge is 2.08. The predicted octanol–water partition coefficient (Wildman–Crippen LogP) is 1.22. The van der Waals surface area contributed by atoms with Crippen LogP contribution in [0.3, 0.4) is 0 Å². The van der Waals surface area contributed by atoms with Crippen molar-refractivity contribution in [2.24, 2.45) is 5.73 Å². The maximum absolute atomic E-state index is 11.5. The lowest BCUT2D eigenvalue weighted by atomic mass is 10.1. The van der Waals surface area contributed by atoms with Crippen molar-refractivity contribution in [3.05, 3.63) is 35.9 Å². The summed E-state index contributed by atoms with van der Waals surface area (Å²) in [4.78, 5) is 11.5. The Labute approximate surface area is 70.2 Å². The summed E-state index contributed by atoms with van der Waals surface area (Å²) in [6.07, 6.45) is 0. The van der Waals surface area contributed by atoms with Gasteiger partial charge in [-0.2, -0.15) is 0 Å². The first-order valence-electron chi connectivity index (χ1n) is 4.78. The van der Waals surface area contributed by atoms with Crippen LogP contribution in [0.25, 0.3) is 0 Å². The van der Waals surface area contributed by atoms with Crippen molar-refractivity contribution in [1.29, 1.82) is 0 Å². The van der Waals surface area contributed by atoms with Gasteiger partial charge in [-0.15, -0.1) is 0 Å². The summed E-state index contributed by atoms with van der Waals surface area (Å²) in [7, 11) is 0. The molecule has 2 heteroatoms. The van der Waals surface area contributed by atoms with E-state index >= 15 is 0 Å². The molecular weight excluding hydrogens is 138 g/mol. The third-order valence-electron chi connectivity index (χ3n) is 1.34. The average Bonchev–Trinajstić information content (AvgIpc) is 2.15. The molecule has 0 aliphatic rings. The molecule has 0 spiro atoms. The molecule has 0 fully saturated rings. The molecule has 1 rings (SSSR count). The molecule has 0 heterocycles. The van der Waals surface area contributed by atoms with Crippen LogP contribution in [-0.4, -0.2) is 11.8 Å². The van der Waals surface area contributed by atoms with Crippen molar-refractivity contribution in [1.82, 2.24) is 0 Å². The molecule has 58 valence electrons. The van der Waals surface area contributed by atoms with Gasteiger partial charge in [-0.3, -0.25) is 4.79 Å². The molecule has 0 saturated carbocycles. The van der Waals surface area contributed by atoms with E-state index in [0.29, 0.717) is 5.56 Å². The van der Waals surface area contributed by atoms with E-state index in [0.717, 1.165) is 0 Å². The molecule has 1 aromatic carbocycles. The lowest BCUT2D eigenvalue weighted by molar-refractivity contribution is 0.0968. The highest BCUT2D eigenvalue weighted by molar-refractivity contribution is 5.99. The van der Waals surface area contributed by atoms with Gasteiger partial charge >= 0.3 is 0 Å². The van der Waals surface area contributed by atoms with Crippen molar-refractivity contribution in [3.63, 3.8) is 0 Å². The lowest BCUT2D eigenvalue weighted by Crippen LogP contribution is -2.26. The molecule has 2 N–H and O–H groups in total. The number of rotatable bonds is 2. The Bertz CT molecular complexity index is 321. The second-order valence-corrected chi connectivity index (χ2v) is 2.21. The normalized spacial score (nSPS) is 17.7. The van der Waals surface area contributed by atoms with Crippen LogP contribution in [-0.2, 0) is 0 Å². The third-order valence-corrected chi connectivity index (χ3v) is 1.34. The number of hydrogen-bond acceptors (Lipinski definition) is 2. The van der Waals surface area contributed by atoms with E-state index in [4.69, 9.17) is 9.85 Å². The molecule has 2 nitrogen and oxygen atoms in total. The minimum absolute atomic E-state index is 0.330. The molecule has 0 aromatic heterocycles. The van der Waals surface area contributed by atoms with Gasteiger partial charge in [-0.05, 0) is 6.85 Å². The van der Waals surface area contributed by atoms with Crippen LogP contribution in [0.4, 0.5) is 0 Å². The van der Waals surface area contributed by atoms with Gasteiger partial charge in [0.25, 0.3) is 0 Å². The molecule has 0 aliphatic heterocycles. The summed E-state index contributed by atoms with van der Waals surface area (Å²) >= 11 is 0. The largest absolute Gasteiger partial charge is 0.321 e. The molecule has 11 heavy (non-hydrogen) atoms. The molecule has 0 saturated heterocycles. The maximum Gasteiger partial charge on any atom is 0.179 e. The van der Waals surface area contributed by atoms with Crippen molar-refractivity contribution in [2.75, 3.05) is 0 Å². The maximum atomic E-state index is 11.5. The van der Waals surface area contributed by atoms with E-state index in [2.05, 4.69) is 0 Å². The van der Waals surface area contributed by atoms with Crippen molar-refractivity contribution in [3.8, 4) is 0 Å². The van der Waals surface area contributed by atoms with E-state index in [1.54, 1.807) is 30.3 Å². The second-order valence-electron chi connectivity index (χ2n) is 2.21. The molecule has 0 bridgehead atoms. The fraction of sp³-hybridized carbons (Fsp3) is 0.222. The van der Waals surface area contributed by atoms with Gasteiger partial charge in [0.1, 0.15) is 0 Å². The summed E-state index contributed by atoms with van der Waals surface area (Å²) in [5, 5.41) is 0. The van der Waals surface area contributed by atoms with Crippen LogP contribution >= 0.6 is 0 Å². The van der Waals surface area contributed by atoms with E-state index in [9.17, 15) is 4.79 Å². The van der Waals surface area contributed by atoms with Gasteiger partial charge in [0.05, 0.1) is 6.04 Å². The van der Waals surface area contributed by atoms with Gasteiger partial charge < -0.3 is 5.73 Å². The lowest BCUT2D eigenvalue weighted by Gasteiger charge is -2.02. The van der Waals surface area contributed by atoms with Crippen LogP contribution in [0.1, 0.15) is 21.3 Å². The van der Waals surface area contributed by atoms with E-state index < -0.39 is 18.7 Å². The fourth-order valence-electron chi connectivity index (χ4n) is 0.782. The van der Waals surface area contributed by atoms with Crippen LogP contribution in [0, 0.1) is 0 Å². The van der Waals surface area contributed by atoms with E-state index in [1.165, 1.54) is 0 Å². The fourth-order valence-corrected chi connectivity index (χ4v) is 0.782. The Balaban J connectivity index is 2.87. The number of carbonyl (C=O) groups excluding carboxylic acids is 1.